The minimum Gasteiger partial charge on any atom is -0.398 e. The SMILES string of the molecule is NC1=C(S(=O)(=O)O)C(c2ccc(S(=O)(=O)O)cc2)C2=NN=NC2=C1. The Kier molecular flexibility index (Phi) is 3.64. The Labute approximate surface area is 136 Å². The third kappa shape index (κ3) is 2.75. The standard InChI is InChI=1S/C12H10N4O6S2/c13-8-5-9-11(15-16-14-9)10(12(8)24(20,21)22)6-1-3-7(4-2-6)23(17,18)19/h1-5,10H,13H2,(H,17,18,19)(H,20,21,22). The van der Waals surface area contributed by atoms with Gasteiger partial charge in [-0.25, -0.2) is 0 Å². The Bertz CT molecular complexity index is 1050. The summed E-state index contributed by atoms with van der Waals surface area (Å²) in [6, 6.07) is 4.72. The summed E-state index contributed by atoms with van der Waals surface area (Å²) in [5.74, 6) is -1.11. The molecule has 1 aromatic carbocycles. The topological polar surface area (TPSA) is 172 Å². The zero-order valence-electron chi connectivity index (χ0n) is 11.7. The summed E-state index contributed by atoms with van der Waals surface area (Å²) in [5, 5.41) is 10.9. The summed E-state index contributed by atoms with van der Waals surface area (Å²) < 4.78 is 64.2. The fourth-order valence-electron chi connectivity index (χ4n) is 2.48. The maximum atomic E-state index is 11.7. The van der Waals surface area contributed by atoms with Crippen LogP contribution in [0.15, 0.2) is 67.0 Å². The fourth-order valence-corrected chi connectivity index (χ4v) is 3.86. The number of nitrogens with zero attached hydrogens (tertiary/aromatic N) is 3. The molecule has 0 amide bonds. The second-order valence-corrected chi connectivity index (χ2v) is 7.79. The van der Waals surface area contributed by atoms with Crippen molar-refractivity contribution in [3.05, 3.63) is 52.2 Å². The van der Waals surface area contributed by atoms with E-state index >= 15 is 0 Å². The second kappa shape index (κ2) is 5.31. The molecule has 126 valence electrons. The molecule has 1 aromatic rings. The Morgan fingerprint density at radius 1 is 1.00 bits per heavy atom. The molecule has 2 aliphatic rings. The highest BCUT2D eigenvalue weighted by Gasteiger charge is 2.39. The molecular formula is C12H10N4O6S2. The molecule has 10 nitrogen and oxygen atoms in total. The Morgan fingerprint density at radius 2 is 1.62 bits per heavy atom. The molecule has 0 bridgehead atoms. The summed E-state index contributed by atoms with van der Waals surface area (Å²) >= 11 is 0. The molecule has 0 saturated carbocycles. The lowest BCUT2D eigenvalue weighted by atomic mass is 9.88. The molecule has 3 rings (SSSR count). The van der Waals surface area contributed by atoms with E-state index in [0.29, 0.717) is 0 Å². The zero-order valence-corrected chi connectivity index (χ0v) is 13.4. The van der Waals surface area contributed by atoms with Gasteiger partial charge < -0.3 is 5.73 Å². The van der Waals surface area contributed by atoms with Crippen LogP contribution in [0.3, 0.4) is 0 Å². The number of benzene rings is 1. The lowest BCUT2D eigenvalue weighted by Gasteiger charge is -2.23. The third-order valence-electron chi connectivity index (χ3n) is 3.47. The van der Waals surface area contributed by atoms with Gasteiger partial charge in [0, 0.05) is 0 Å². The molecule has 4 N–H and O–H groups in total. The van der Waals surface area contributed by atoms with Crippen molar-refractivity contribution < 1.29 is 25.9 Å². The summed E-state index contributed by atoms with van der Waals surface area (Å²) in [5.41, 5.74) is 6.16. The molecule has 0 spiro atoms. The van der Waals surface area contributed by atoms with Crippen molar-refractivity contribution in [3.63, 3.8) is 0 Å². The van der Waals surface area contributed by atoms with Crippen LogP contribution in [0.2, 0.25) is 0 Å². The normalized spacial score (nSPS) is 20.7. The number of hydrogen-bond acceptors (Lipinski definition) is 8. The number of allylic oxidation sites excluding steroid dienone is 3. The lowest BCUT2D eigenvalue weighted by Crippen LogP contribution is -2.27. The van der Waals surface area contributed by atoms with Gasteiger partial charge in [0.2, 0.25) is 0 Å². The first kappa shape index (κ1) is 16.4. The van der Waals surface area contributed by atoms with Crippen molar-refractivity contribution in [1.82, 2.24) is 0 Å². The van der Waals surface area contributed by atoms with Crippen LogP contribution in [0.4, 0.5) is 0 Å². The van der Waals surface area contributed by atoms with Gasteiger partial charge in [-0.2, -0.15) is 16.8 Å². The summed E-state index contributed by atoms with van der Waals surface area (Å²) in [6.45, 7) is 0. The summed E-state index contributed by atoms with van der Waals surface area (Å²) in [6.07, 6.45) is 1.22. The fraction of sp³-hybridized carbons (Fsp3) is 0.0833. The van der Waals surface area contributed by atoms with E-state index in [9.17, 15) is 21.4 Å². The van der Waals surface area contributed by atoms with Crippen LogP contribution < -0.4 is 5.73 Å². The van der Waals surface area contributed by atoms with E-state index in [1.165, 1.54) is 18.2 Å². The van der Waals surface area contributed by atoms with Gasteiger partial charge in [0.05, 0.1) is 16.5 Å². The van der Waals surface area contributed by atoms with E-state index in [1.54, 1.807) is 0 Å². The molecule has 0 saturated heterocycles. The molecule has 1 aliphatic heterocycles. The summed E-state index contributed by atoms with van der Waals surface area (Å²) in [4.78, 5) is -0.872. The van der Waals surface area contributed by atoms with Crippen LogP contribution in [-0.2, 0) is 20.2 Å². The van der Waals surface area contributed by atoms with Gasteiger partial charge in [-0.05, 0) is 29.0 Å². The van der Waals surface area contributed by atoms with E-state index in [1.807, 2.05) is 0 Å². The van der Waals surface area contributed by atoms with Crippen LogP contribution in [-0.4, -0.2) is 31.7 Å². The van der Waals surface area contributed by atoms with Gasteiger partial charge >= 0.3 is 0 Å². The van der Waals surface area contributed by atoms with Crippen molar-refractivity contribution in [3.8, 4) is 0 Å². The highest BCUT2D eigenvalue weighted by Crippen LogP contribution is 2.39. The maximum Gasteiger partial charge on any atom is 0.294 e. The predicted octanol–water partition coefficient (Wildman–Crippen LogP) is 0.794. The van der Waals surface area contributed by atoms with Gasteiger partial charge in [0.1, 0.15) is 16.3 Å². The summed E-state index contributed by atoms with van der Waals surface area (Å²) in [7, 11) is -9.07. The van der Waals surface area contributed by atoms with Crippen LogP contribution >= 0.6 is 0 Å². The van der Waals surface area contributed by atoms with Crippen molar-refractivity contribution in [2.24, 2.45) is 21.2 Å². The molecule has 0 radical (unpaired) electrons. The Morgan fingerprint density at radius 3 is 2.17 bits per heavy atom. The van der Waals surface area contributed by atoms with Crippen LogP contribution in [0.1, 0.15) is 11.5 Å². The number of fused-ring (bicyclic) bond motifs is 1. The van der Waals surface area contributed by atoms with Crippen LogP contribution in [0, 0.1) is 0 Å². The molecule has 1 unspecified atom stereocenters. The van der Waals surface area contributed by atoms with Gasteiger partial charge in [0.15, 0.2) is 0 Å². The molecule has 12 heteroatoms. The Balaban J connectivity index is 2.19. The number of rotatable bonds is 3. The van der Waals surface area contributed by atoms with Gasteiger partial charge in [0.25, 0.3) is 20.2 Å². The highest BCUT2D eigenvalue weighted by molar-refractivity contribution is 7.90. The highest BCUT2D eigenvalue weighted by atomic mass is 32.2. The average Bonchev–Trinajstić information content (AvgIpc) is 2.91. The Hall–Kier alpha value is -2.41. The van der Waals surface area contributed by atoms with Crippen molar-refractivity contribution in [2.45, 2.75) is 10.8 Å². The molecule has 1 heterocycles. The van der Waals surface area contributed by atoms with Crippen molar-refractivity contribution in [2.75, 3.05) is 0 Å². The first-order valence-corrected chi connectivity index (χ1v) is 9.22. The van der Waals surface area contributed by atoms with Crippen LogP contribution in [0.5, 0.6) is 0 Å². The predicted molar refractivity (Wildman–Crippen MR) is 82.1 cm³/mol. The van der Waals surface area contributed by atoms with E-state index in [-0.39, 0.29) is 27.6 Å². The quantitative estimate of drug-likeness (QED) is 0.660. The third-order valence-corrected chi connectivity index (χ3v) is 5.36. The smallest absolute Gasteiger partial charge is 0.294 e. The lowest BCUT2D eigenvalue weighted by molar-refractivity contribution is 0.482. The minimum atomic E-state index is -4.67. The van der Waals surface area contributed by atoms with Gasteiger partial charge in [-0.15, -0.1) is 10.2 Å². The van der Waals surface area contributed by atoms with E-state index in [2.05, 4.69) is 15.4 Å². The van der Waals surface area contributed by atoms with E-state index in [4.69, 9.17) is 10.3 Å². The molecule has 1 aliphatic carbocycles. The first-order valence-electron chi connectivity index (χ1n) is 6.34. The van der Waals surface area contributed by atoms with Crippen molar-refractivity contribution in [1.29, 1.82) is 0 Å². The van der Waals surface area contributed by atoms with E-state index in [0.717, 1.165) is 12.1 Å². The second-order valence-electron chi connectivity index (χ2n) is 4.98. The monoisotopic (exact) mass is 370 g/mol. The molecule has 1 atom stereocenters. The molecule has 0 fully saturated rings. The number of nitrogens with two attached hydrogens (primary N) is 1. The number of hydrogen-bond donors (Lipinski definition) is 3. The molecule has 24 heavy (non-hydrogen) atoms. The van der Waals surface area contributed by atoms with Crippen LogP contribution in [0.25, 0.3) is 0 Å². The molecular weight excluding hydrogens is 360 g/mol. The first-order chi connectivity index (χ1) is 11.1. The molecule has 0 aromatic heterocycles. The minimum absolute atomic E-state index is 0.149. The van der Waals surface area contributed by atoms with Gasteiger partial charge in [-0.3, -0.25) is 9.11 Å². The van der Waals surface area contributed by atoms with E-state index < -0.39 is 31.1 Å². The van der Waals surface area contributed by atoms with Gasteiger partial charge in [-0.1, -0.05) is 12.1 Å². The zero-order chi connectivity index (χ0) is 17.7. The largest absolute Gasteiger partial charge is 0.398 e. The average molecular weight is 370 g/mol. The van der Waals surface area contributed by atoms with Crippen molar-refractivity contribution >= 4 is 25.9 Å². The maximum absolute atomic E-state index is 11.7.